The van der Waals surface area contributed by atoms with Crippen molar-refractivity contribution in [2.24, 2.45) is 5.92 Å². The van der Waals surface area contributed by atoms with Crippen molar-refractivity contribution < 1.29 is 27.4 Å². The molecule has 178 valence electrons. The fourth-order valence-corrected chi connectivity index (χ4v) is 3.74. The number of nitrogens with zero attached hydrogens (tertiary/aromatic N) is 1. The van der Waals surface area contributed by atoms with E-state index in [4.69, 9.17) is 14.2 Å². The number of hydrogen-bond acceptors (Lipinski definition) is 7. The molecule has 0 unspecified atom stereocenters. The minimum Gasteiger partial charge on any atom is -0.496 e. The molecule has 1 amide bonds. The Morgan fingerprint density at radius 3 is 2.56 bits per heavy atom. The van der Waals surface area contributed by atoms with Crippen molar-refractivity contribution in [1.29, 1.82) is 0 Å². The molecule has 1 saturated carbocycles. The fourth-order valence-electron chi connectivity index (χ4n) is 3.28. The van der Waals surface area contributed by atoms with Crippen LogP contribution in [0.1, 0.15) is 28.8 Å². The Morgan fingerprint density at radius 1 is 1.06 bits per heavy atom. The quantitative estimate of drug-likeness (QED) is 0.469. The van der Waals surface area contributed by atoms with E-state index in [1.807, 2.05) is 41.1 Å². The highest BCUT2D eigenvalue weighted by Crippen LogP contribution is 2.30. The van der Waals surface area contributed by atoms with Crippen LogP contribution in [0.5, 0.6) is 17.4 Å². The van der Waals surface area contributed by atoms with Gasteiger partial charge in [-0.15, -0.1) is 0 Å². The number of sulfonamides is 1. The topological polar surface area (TPSA) is 104 Å². The zero-order valence-corrected chi connectivity index (χ0v) is 19.8. The van der Waals surface area contributed by atoms with Gasteiger partial charge in [0.05, 0.1) is 20.0 Å². The molecule has 0 spiro atoms. The van der Waals surface area contributed by atoms with Crippen molar-refractivity contribution in [3.8, 4) is 28.5 Å². The number of carbonyl (C=O) groups is 1. The summed E-state index contributed by atoms with van der Waals surface area (Å²) in [7, 11) is -2.18. The number of rotatable bonds is 10. The monoisotopic (exact) mass is 482 g/mol. The van der Waals surface area contributed by atoms with Gasteiger partial charge in [-0.3, -0.25) is 4.79 Å². The van der Waals surface area contributed by atoms with Gasteiger partial charge in [-0.2, -0.15) is 0 Å². The number of amides is 1. The Morgan fingerprint density at radius 2 is 1.88 bits per heavy atom. The molecule has 0 saturated heterocycles. The number of ether oxygens (including phenoxy) is 3. The van der Waals surface area contributed by atoms with Gasteiger partial charge in [-0.05, 0) is 54.7 Å². The van der Waals surface area contributed by atoms with E-state index in [9.17, 15) is 13.2 Å². The summed E-state index contributed by atoms with van der Waals surface area (Å²) >= 11 is 0. The molecule has 4 rings (SSSR count). The number of aromatic nitrogens is 1. The molecule has 34 heavy (non-hydrogen) atoms. The second-order valence-electron chi connectivity index (χ2n) is 8.19. The summed E-state index contributed by atoms with van der Waals surface area (Å²) in [5.41, 5.74) is 2.79. The van der Waals surface area contributed by atoms with E-state index < -0.39 is 15.9 Å². The highest BCUT2D eigenvalue weighted by atomic mass is 32.2. The van der Waals surface area contributed by atoms with Gasteiger partial charge in [0.2, 0.25) is 15.9 Å². The molecular formula is C25H26N2O6S. The summed E-state index contributed by atoms with van der Waals surface area (Å²) in [6.45, 7) is 0.926. The second kappa shape index (κ2) is 10.1. The lowest BCUT2D eigenvalue weighted by atomic mass is 10.1. The largest absolute Gasteiger partial charge is 0.496 e. The van der Waals surface area contributed by atoms with Crippen LogP contribution in [-0.4, -0.2) is 39.3 Å². The lowest BCUT2D eigenvalue weighted by Crippen LogP contribution is -2.29. The highest BCUT2D eigenvalue weighted by molar-refractivity contribution is 7.89. The van der Waals surface area contributed by atoms with E-state index in [2.05, 4.69) is 4.98 Å². The zero-order valence-electron chi connectivity index (χ0n) is 19.0. The lowest BCUT2D eigenvalue weighted by molar-refractivity contribution is 0.0981. The molecule has 1 aromatic heterocycles. The van der Waals surface area contributed by atoms with Crippen molar-refractivity contribution in [1.82, 2.24) is 9.71 Å². The maximum atomic E-state index is 12.1. The number of nitrogens with one attached hydrogen (secondary N) is 1. The van der Waals surface area contributed by atoms with Crippen LogP contribution >= 0.6 is 0 Å². The van der Waals surface area contributed by atoms with Gasteiger partial charge in [0, 0.05) is 29.0 Å². The number of methoxy groups -OCH3 is 1. The SMILES string of the molecule is COc1cc(C(=O)NS(C)(=O)=O)ccc1COc1cccc(-c2ccc(OCC3CC3)nc2)c1. The maximum Gasteiger partial charge on any atom is 0.264 e. The van der Waals surface area contributed by atoms with E-state index >= 15 is 0 Å². The number of pyridine rings is 1. The van der Waals surface area contributed by atoms with Crippen molar-refractivity contribution in [2.75, 3.05) is 20.0 Å². The Bertz CT molecular complexity index is 1270. The summed E-state index contributed by atoms with van der Waals surface area (Å²) in [5.74, 6) is 1.66. The van der Waals surface area contributed by atoms with Crippen LogP contribution in [0, 0.1) is 5.92 Å². The molecule has 0 radical (unpaired) electrons. The third-order valence-electron chi connectivity index (χ3n) is 5.29. The molecule has 1 fully saturated rings. The van der Waals surface area contributed by atoms with Gasteiger partial charge < -0.3 is 14.2 Å². The van der Waals surface area contributed by atoms with Crippen molar-refractivity contribution >= 4 is 15.9 Å². The molecule has 0 atom stereocenters. The predicted molar refractivity (Wildman–Crippen MR) is 128 cm³/mol. The Kier molecular flexibility index (Phi) is 7.02. The molecule has 1 N–H and O–H groups in total. The Balaban J connectivity index is 1.41. The van der Waals surface area contributed by atoms with Crippen molar-refractivity contribution in [3.05, 3.63) is 71.9 Å². The minimum atomic E-state index is -3.66. The fraction of sp³-hybridized carbons (Fsp3) is 0.280. The summed E-state index contributed by atoms with van der Waals surface area (Å²) in [6, 6.07) is 16.2. The van der Waals surface area contributed by atoms with E-state index in [0.717, 1.165) is 24.0 Å². The first-order chi connectivity index (χ1) is 16.3. The molecule has 2 aromatic carbocycles. The molecule has 0 aliphatic heterocycles. The first-order valence-corrected chi connectivity index (χ1v) is 12.7. The van der Waals surface area contributed by atoms with Crippen LogP contribution in [0.25, 0.3) is 11.1 Å². The van der Waals surface area contributed by atoms with Crippen LogP contribution in [0.4, 0.5) is 0 Å². The molecule has 8 nitrogen and oxygen atoms in total. The normalized spacial score (nSPS) is 13.2. The van der Waals surface area contributed by atoms with Gasteiger partial charge >= 0.3 is 0 Å². The predicted octanol–water partition coefficient (Wildman–Crippen LogP) is 3.81. The van der Waals surface area contributed by atoms with Gasteiger partial charge in [-0.1, -0.05) is 18.2 Å². The van der Waals surface area contributed by atoms with Crippen LogP contribution in [0.15, 0.2) is 60.8 Å². The molecule has 1 heterocycles. The van der Waals surface area contributed by atoms with E-state index in [0.29, 0.717) is 28.9 Å². The summed E-state index contributed by atoms with van der Waals surface area (Å²) in [5, 5.41) is 0. The Labute approximate surface area is 198 Å². The molecule has 3 aromatic rings. The third-order valence-corrected chi connectivity index (χ3v) is 5.85. The van der Waals surface area contributed by atoms with E-state index in [1.54, 1.807) is 12.3 Å². The first-order valence-electron chi connectivity index (χ1n) is 10.8. The highest BCUT2D eigenvalue weighted by Gasteiger charge is 2.22. The average Bonchev–Trinajstić information content (AvgIpc) is 3.65. The van der Waals surface area contributed by atoms with Crippen molar-refractivity contribution in [2.45, 2.75) is 19.4 Å². The molecule has 1 aliphatic carbocycles. The van der Waals surface area contributed by atoms with E-state index in [-0.39, 0.29) is 12.2 Å². The van der Waals surface area contributed by atoms with Gasteiger partial charge in [-0.25, -0.2) is 18.1 Å². The van der Waals surface area contributed by atoms with Crippen LogP contribution in [-0.2, 0) is 16.6 Å². The first kappa shape index (κ1) is 23.6. The maximum absolute atomic E-state index is 12.1. The summed E-state index contributed by atoms with van der Waals surface area (Å²) < 4.78 is 41.6. The van der Waals surface area contributed by atoms with Crippen molar-refractivity contribution in [3.63, 3.8) is 0 Å². The summed E-state index contributed by atoms with van der Waals surface area (Å²) in [4.78, 5) is 16.5. The zero-order chi connectivity index (χ0) is 24.1. The van der Waals surface area contributed by atoms with Crippen LogP contribution in [0.2, 0.25) is 0 Å². The average molecular weight is 483 g/mol. The molecule has 1 aliphatic rings. The minimum absolute atomic E-state index is 0.171. The number of hydrogen-bond donors (Lipinski definition) is 1. The second-order valence-corrected chi connectivity index (χ2v) is 9.93. The summed E-state index contributed by atoms with van der Waals surface area (Å²) in [6.07, 6.45) is 5.18. The lowest BCUT2D eigenvalue weighted by Gasteiger charge is -2.13. The van der Waals surface area contributed by atoms with Gasteiger partial charge in [0.1, 0.15) is 18.1 Å². The van der Waals surface area contributed by atoms with Crippen LogP contribution < -0.4 is 18.9 Å². The van der Waals surface area contributed by atoms with Gasteiger partial charge in [0.15, 0.2) is 0 Å². The van der Waals surface area contributed by atoms with Gasteiger partial charge in [0.25, 0.3) is 5.91 Å². The Hall–Kier alpha value is -3.59. The van der Waals surface area contributed by atoms with E-state index in [1.165, 1.54) is 32.1 Å². The van der Waals surface area contributed by atoms with Crippen LogP contribution in [0.3, 0.4) is 0 Å². The molecule has 0 bridgehead atoms. The number of carbonyl (C=O) groups excluding carboxylic acids is 1. The third kappa shape index (κ3) is 6.48. The standard InChI is InChI=1S/C25H26N2O6S/c1-31-23-13-19(25(28)27-34(2,29)30)8-9-21(23)16-32-22-5-3-4-18(12-22)20-10-11-24(26-14-20)33-15-17-6-7-17/h3-5,8-14,17H,6-7,15-16H2,1-2H3,(H,27,28). The molecular weight excluding hydrogens is 456 g/mol. The molecule has 9 heteroatoms. The smallest absolute Gasteiger partial charge is 0.264 e. The number of benzene rings is 2.